The lowest BCUT2D eigenvalue weighted by molar-refractivity contribution is -0.0497. The standard InChI is InChI=1S/C13H17Cl2F2NO/c1-3-8(4-2)7-18-9-5-10(14)12(11(15)6-9)19-13(16)17/h5-6,8,13,18H,3-4,7H2,1-2H3. The summed E-state index contributed by atoms with van der Waals surface area (Å²) in [6.07, 6.45) is 2.13. The van der Waals surface area contributed by atoms with Gasteiger partial charge in [-0.1, -0.05) is 49.9 Å². The monoisotopic (exact) mass is 311 g/mol. The zero-order valence-electron chi connectivity index (χ0n) is 10.9. The van der Waals surface area contributed by atoms with Crippen molar-refractivity contribution in [3.63, 3.8) is 0 Å². The molecule has 1 rings (SSSR count). The molecule has 0 fully saturated rings. The minimum atomic E-state index is -2.95. The van der Waals surface area contributed by atoms with E-state index in [4.69, 9.17) is 23.2 Å². The summed E-state index contributed by atoms with van der Waals surface area (Å²) in [7, 11) is 0. The first kappa shape index (κ1) is 16.3. The topological polar surface area (TPSA) is 21.3 Å². The van der Waals surface area contributed by atoms with Gasteiger partial charge in [0.1, 0.15) is 0 Å². The number of halogens is 4. The number of rotatable bonds is 7. The number of hydrogen-bond donors (Lipinski definition) is 1. The Kier molecular flexibility index (Phi) is 6.66. The van der Waals surface area contributed by atoms with Gasteiger partial charge in [0.05, 0.1) is 10.0 Å². The predicted octanol–water partition coefficient (Wildman–Crippen LogP) is 5.44. The Morgan fingerprint density at radius 3 is 2.11 bits per heavy atom. The van der Waals surface area contributed by atoms with Crippen molar-refractivity contribution in [3.8, 4) is 5.75 Å². The lowest BCUT2D eigenvalue weighted by Crippen LogP contribution is -2.12. The second-order valence-corrected chi connectivity index (χ2v) is 5.03. The second kappa shape index (κ2) is 7.75. The number of nitrogens with one attached hydrogen (secondary N) is 1. The lowest BCUT2D eigenvalue weighted by Gasteiger charge is -2.16. The Morgan fingerprint density at radius 2 is 1.68 bits per heavy atom. The molecule has 108 valence electrons. The van der Waals surface area contributed by atoms with Crippen molar-refractivity contribution in [2.75, 3.05) is 11.9 Å². The zero-order chi connectivity index (χ0) is 14.4. The third-order valence-electron chi connectivity index (χ3n) is 2.95. The molecule has 0 heterocycles. The third kappa shape index (κ3) is 5.03. The van der Waals surface area contributed by atoms with Crippen molar-refractivity contribution in [1.82, 2.24) is 0 Å². The fourth-order valence-electron chi connectivity index (χ4n) is 1.70. The summed E-state index contributed by atoms with van der Waals surface area (Å²) in [5.41, 5.74) is 0.698. The number of benzene rings is 1. The van der Waals surface area contributed by atoms with Gasteiger partial charge in [0, 0.05) is 12.2 Å². The van der Waals surface area contributed by atoms with E-state index < -0.39 is 6.61 Å². The van der Waals surface area contributed by atoms with Crippen LogP contribution in [0.4, 0.5) is 14.5 Å². The Bertz CT molecular complexity index is 389. The Labute approximate surface area is 122 Å². The molecule has 19 heavy (non-hydrogen) atoms. The first-order valence-corrected chi connectivity index (χ1v) is 6.91. The van der Waals surface area contributed by atoms with Gasteiger partial charge >= 0.3 is 6.61 Å². The number of ether oxygens (including phenoxy) is 1. The van der Waals surface area contributed by atoms with E-state index in [-0.39, 0.29) is 15.8 Å². The molecule has 1 aromatic carbocycles. The van der Waals surface area contributed by atoms with Crippen LogP contribution in [-0.2, 0) is 0 Å². The van der Waals surface area contributed by atoms with E-state index in [0.29, 0.717) is 11.6 Å². The van der Waals surface area contributed by atoms with Crippen LogP contribution in [-0.4, -0.2) is 13.2 Å². The predicted molar refractivity (Wildman–Crippen MR) is 75.7 cm³/mol. The number of anilines is 1. The van der Waals surface area contributed by atoms with Crippen LogP contribution in [0.5, 0.6) is 5.75 Å². The minimum absolute atomic E-state index is 0.0693. The van der Waals surface area contributed by atoms with Crippen LogP contribution in [0.1, 0.15) is 26.7 Å². The molecule has 6 heteroatoms. The molecule has 0 saturated heterocycles. The second-order valence-electron chi connectivity index (χ2n) is 4.21. The molecular weight excluding hydrogens is 295 g/mol. The Balaban J connectivity index is 2.77. The molecule has 0 amide bonds. The summed E-state index contributed by atoms with van der Waals surface area (Å²) in [5, 5.41) is 3.34. The van der Waals surface area contributed by atoms with E-state index in [0.717, 1.165) is 19.4 Å². The SMILES string of the molecule is CCC(CC)CNc1cc(Cl)c(OC(F)F)c(Cl)c1. The molecule has 0 saturated carbocycles. The first-order chi connectivity index (χ1) is 8.97. The molecule has 0 unspecified atom stereocenters. The van der Waals surface area contributed by atoms with Gasteiger partial charge in [0.2, 0.25) is 0 Å². The van der Waals surface area contributed by atoms with Crippen molar-refractivity contribution >= 4 is 28.9 Å². The summed E-state index contributed by atoms with van der Waals surface area (Å²) in [6, 6.07) is 3.07. The highest BCUT2D eigenvalue weighted by Crippen LogP contribution is 2.37. The van der Waals surface area contributed by atoms with E-state index in [2.05, 4.69) is 23.9 Å². The van der Waals surface area contributed by atoms with Gasteiger partial charge in [-0.3, -0.25) is 0 Å². The van der Waals surface area contributed by atoms with Crippen LogP contribution in [0.2, 0.25) is 10.0 Å². The van der Waals surface area contributed by atoms with E-state index in [9.17, 15) is 8.78 Å². The number of hydrogen-bond acceptors (Lipinski definition) is 2. The zero-order valence-corrected chi connectivity index (χ0v) is 12.4. The lowest BCUT2D eigenvalue weighted by atomic mass is 10.0. The van der Waals surface area contributed by atoms with Crippen LogP contribution >= 0.6 is 23.2 Å². The van der Waals surface area contributed by atoms with Crippen LogP contribution in [0.15, 0.2) is 12.1 Å². The highest BCUT2D eigenvalue weighted by molar-refractivity contribution is 6.37. The molecular formula is C13H17Cl2F2NO. The molecule has 1 aromatic rings. The van der Waals surface area contributed by atoms with Crippen molar-refractivity contribution < 1.29 is 13.5 Å². The van der Waals surface area contributed by atoms with Crippen molar-refractivity contribution in [1.29, 1.82) is 0 Å². The summed E-state index contributed by atoms with van der Waals surface area (Å²) < 4.78 is 28.6. The maximum absolute atomic E-state index is 12.2. The quantitative estimate of drug-likeness (QED) is 0.723. The molecule has 2 nitrogen and oxygen atoms in total. The third-order valence-corrected chi connectivity index (χ3v) is 3.52. The first-order valence-electron chi connectivity index (χ1n) is 6.15. The van der Waals surface area contributed by atoms with Gasteiger partial charge in [0.15, 0.2) is 5.75 Å². The Hall–Kier alpha value is -0.740. The Morgan fingerprint density at radius 1 is 1.16 bits per heavy atom. The van der Waals surface area contributed by atoms with Gasteiger partial charge in [-0.25, -0.2) is 0 Å². The molecule has 0 aromatic heterocycles. The summed E-state index contributed by atoms with van der Waals surface area (Å²) in [5.74, 6) is 0.362. The maximum Gasteiger partial charge on any atom is 0.387 e. The summed E-state index contributed by atoms with van der Waals surface area (Å²) >= 11 is 11.8. The largest absolute Gasteiger partial charge is 0.432 e. The highest BCUT2D eigenvalue weighted by Gasteiger charge is 2.14. The fourth-order valence-corrected chi connectivity index (χ4v) is 2.28. The van der Waals surface area contributed by atoms with E-state index >= 15 is 0 Å². The van der Waals surface area contributed by atoms with Gasteiger partial charge in [-0.15, -0.1) is 0 Å². The van der Waals surface area contributed by atoms with E-state index in [1.807, 2.05) is 0 Å². The molecule has 0 aliphatic heterocycles. The van der Waals surface area contributed by atoms with Crippen molar-refractivity contribution in [3.05, 3.63) is 22.2 Å². The van der Waals surface area contributed by atoms with E-state index in [1.54, 1.807) is 0 Å². The normalized spacial score (nSPS) is 11.2. The van der Waals surface area contributed by atoms with E-state index in [1.165, 1.54) is 12.1 Å². The van der Waals surface area contributed by atoms with Crippen molar-refractivity contribution in [2.45, 2.75) is 33.3 Å². The van der Waals surface area contributed by atoms with Gasteiger partial charge in [-0.2, -0.15) is 8.78 Å². The van der Waals surface area contributed by atoms with Crippen LogP contribution in [0.25, 0.3) is 0 Å². The van der Waals surface area contributed by atoms with Gasteiger partial charge in [-0.05, 0) is 18.1 Å². The fraction of sp³-hybridized carbons (Fsp3) is 0.538. The summed E-state index contributed by atoms with van der Waals surface area (Å²) in [6.45, 7) is 2.08. The highest BCUT2D eigenvalue weighted by atomic mass is 35.5. The smallest absolute Gasteiger partial charge is 0.387 e. The molecule has 0 bridgehead atoms. The molecule has 0 aliphatic rings. The van der Waals surface area contributed by atoms with Crippen LogP contribution in [0, 0.1) is 5.92 Å². The van der Waals surface area contributed by atoms with Gasteiger partial charge in [0.25, 0.3) is 0 Å². The molecule has 1 N–H and O–H groups in total. The average Bonchev–Trinajstić information content (AvgIpc) is 2.35. The van der Waals surface area contributed by atoms with Crippen LogP contribution in [0.3, 0.4) is 0 Å². The van der Waals surface area contributed by atoms with Crippen LogP contribution < -0.4 is 10.1 Å². The molecule has 0 spiro atoms. The van der Waals surface area contributed by atoms with Crippen molar-refractivity contribution in [2.24, 2.45) is 5.92 Å². The average molecular weight is 312 g/mol. The number of alkyl halides is 2. The minimum Gasteiger partial charge on any atom is -0.432 e. The van der Waals surface area contributed by atoms with Gasteiger partial charge < -0.3 is 10.1 Å². The molecule has 0 aliphatic carbocycles. The summed E-state index contributed by atoms with van der Waals surface area (Å²) in [4.78, 5) is 0. The molecule has 0 radical (unpaired) electrons. The maximum atomic E-state index is 12.2. The molecule has 0 atom stereocenters.